The van der Waals surface area contributed by atoms with Crippen LogP contribution in [0.2, 0.25) is 5.02 Å². The largest absolute Gasteiger partial charge is 0.496 e. The zero-order chi connectivity index (χ0) is 22.1. The molecule has 0 aliphatic carbocycles. The van der Waals surface area contributed by atoms with Crippen LogP contribution in [0.15, 0.2) is 46.9 Å². The first-order valence-corrected chi connectivity index (χ1v) is 9.48. The number of nitro benzene ring substituents is 1. The maximum atomic E-state index is 11.1. The van der Waals surface area contributed by atoms with Crippen LogP contribution in [0.1, 0.15) is 17.1 Å². The molecule has 0 spiro atoms. The maximum absolute atomic E-state index is 11.1. The average Bonchev–Trinajstić information content (AvgIpc) is 3.38. The van der Waals surface area contributed by atoms with Crippen LogP contribution in [0.4, 0.5) is 5.69 Å². The molecule has 4 rings (SSSR count). The van der Waals surface area contributed by atoms with Gasteiger partial charge < -0.3 is 14.1 Å². The van der Waals surface area contributed by atoms with Crippen LogP contribution in [0, 0.1) is 28.4 Å². The number of nitrogens with zero attached hydrogens (tertiary/aromatic N) is 3. The standard InChI is InChI=1S/C22H15ClN4O4/c1-12-3-5-17-18(7-12)26-22(25-17)13(11-24)8-14-4-6-20(31-14)15-9-16(23)19(27(28)29)10-21(15)30-2/h3-10H,1-2H3,(H,25,26)/b13-8+. The number of allylic oxidation sites excluding steroid dienone is 1. The van der Waals surface area contributed by atoms with Gasteiger partial charge in [0, 0.05) is 6.08 Å². The van der Waals surface area contributed by atoms with Gasteiger partial charge in [0.25, 0.3) is 5.69 Å². The summed E-state index contributed by atoms with van der Waals surface area (Å²) in [4.78, 5) is 18.1. The first-order chi connectivity index (χ1) is 14.9. The predicted octanol–water partition coefficient (Wildman–Crippen LogP) is 5.77. The number of aromatic nitrogens is 2. The summed E-state index contributed by atoms with van der Waals surface area (Å²) < 4.78 is 11.1. The highest BCUT2D eigenvalue weighted by Gasteiger charge is 2.20. The molecule has 0 aliphatic rings. The van der Waals surface area contributed by atoms with Crippen LogP contribution in [0.25, 0.3) is 34.0 Å². The van der Waals surface area contributed by atoms with Crippen LogP contribution in [-0.4, -0.2) is 22.0 Å². The molecule has 31 heavy (non-hydrogen) atoms. The van der Waals surface area contributed by atoms with Crippen molar-refractivity contribution in [3.63, 3.8) is 0 Å². The van der Waals surface area contributed by atoms with Crippen LogP contribution in [-0.2, 0) is 0 Å². The Kier molecular flexibility index (Phi) is 5.19. The van der Waals surface area contributed by atoms with E-state index in [0.717, 1.165) is 16.6 Å². The van der Waals surface area contributed by atoms with Crippen molar-refractivity contribution in [2.24, 2.45) is 0 Å². The molecule has 0 saturated heterocycles. The molecule has 0 bridgehead atoms. The minimum absolute atomic E-state index is 0.0374. The van der Waals surface area contributed by atoms with E-state index in [2.05, 4.69) is 16.0 Å². The maximum Gasteiger partial charge on any atom is 0.291 e. The number of furan rings is 1. The fraction of sp³-hybridized carbons (Fsp3) is 0.0909. The number of hydrogen-bond acceptors (Lipinski definition) is 6. The number of rotatable bonds is 5. The Morgan fingerprint density at radius 1 is 1.32 bits per heavy atom. The van der Waals surface area contributed by atoms with Crippen molar-refractivity contribution in [3.05, 3.63) is 74.7 Å². The van der Waals surface area contributed by atoms with Gasteiger partial charge in [0.05, 0.1) is 40.3 Å². The normalized spacial score (nSPS) is 11.5. The summed E-state index contributed by atoms with van der Waals surface area (Å²) >= 11 is 6.04. The lowest BCUT2D eigenvalue weighted by Gasteiger charge is -2.07. The summed E-state index contributed by atoms with van der Waals surface area (Å²) in [5, 5.41) is 20.7. The number of nitrogens with one attached hydrogen (secondary N) is 1. The van der Waals surface area contributed by atoms with Gasteiger partial charge in [-0.2, -0.15) is 5.26 Å². The lowest BCUT2D eigenvalue weighted by Crippen LogP contribution is -1.93. The highest BCUT2D eigenvalue weighted by molar-refractivity contribution is 6.33. The molecule has 0 aliphatic heterocycles. The van der Waals surface area contributed by atoms with Gasteiger partial charge >= 0.3 is 0 Å². The number of hydrogen-bond donors (Lipinski definition) is 1. The third-order valence-electron chi connectivity index (χ3n) is 4.66. The Bertz CT molecular complexity index is 1390. The van der Waals surface area contributed by atoms with E-state index in [-0.39, 0.29) is 16.5 Å². The van der Waals surface area contributed by atoms with Crippen LogP contribution < -0.4 is 4.74 Å². The van der Waals surface area contributed by atoms with E-state index in [1.165, 1.54) is 19.2 Å². The van der Waals surface area contributed by atoms with Crippen molar-refractivity contribution in [1.29, 1.82) is 5.26 Å². The van der Waals surface area contributed by atoms with Gasteiger partial charge in [0.15, 0.2) is 0 Å². The number of imidazole rings is 1. The number of nitriles is 1. The van der Waals surface area contributed by atoms with Crippen molar-refractivity contribution < 1.29 is 14.1 Å². The highest BCUT2D eigenvalue weighted by atomic mass is 35.5. The van der Waals surface area contributed by atoms with Crippen LogP contribution in [0.3, 0.4) is 0 Å². The summed E-state index contributed by atoms with van der Waals surface area (Å²) in [5.41, 5.74) is 3.16. The van der Waals surface area contributed by atoms with Gasteiger partial charge in [-0.25, -0.2) is 4.98 Å². The van der Waals surface area contributed by atoms with E-state index < -0.39 is 4.92 Å². The molecule has 4 aromatic rings. The fourth-order valence-corrected chi connectivity index (χ4v) is 3.40. The number of methoxy groups -OCH3 is 1. The number of benzene rings is 2. The van der Waals surface area contributed by atoms with E-state index in [1.807, 2.05) is 25.1 Å². The van der Waals surface area contributed by atoms with Crippen LogP contribution in [0.5, 0.6) is 5.75 Å². The lowest BCUT2D eigenvalue weighted by atomic mass is 10.1. The first kappa shape index (κ1) is 20.2. The van der Waals surface area contributed by atoms with Crippen molar-refractivity contribution in [1.82, 2.24) is 9.97 Å². The molecule has 0 amide bonds. The van der Waals surface area contributed by atoms with Crippen molar-refractivity contribution in [3.8, 4) is 23.1 Å². The van der Waals surface area contributed by atoms with Gasteiger partial charge in [-0.15, -0.1) is 0 Å². The number of H-pyrrole nitrogens is 1. The van der Waals surface area contributed by atoms with E-state index >= 15 is 0 Å². The molecule has 8 nitrogen and oxygen atoms in total. The SMILES string of the molecule is COc1cc([N+](=O)[O-])c(Cl)cc1-c1ccc(/C=C(\C#N)c2nc3ccc(C)cc3[nH]2)o1. The second-order valence-electron chi connectivity index (χ2n) is 6.74. The Morgan fingerprint density at radius 2 is 2.13 bits per heavy atom. The smallest absolute Gasteiger partial charge is 0.291 e. The molecule has 0 radical (unpaired) electrons. The zero-order valence-electron chi connectivity index (χ0n) is 16.5. The first-order valence-electron chi connectivity index (χ1n) is 9.10. The number of aromatic amines is 1. The molecule has 2 aromatic heterocycles. The van der Waals surface area contributed by atoms with E-state index in [1.54, 1.807) is 18.2 Å². The van der Waals surface area contributed by atoms with Crippen LogP contribution >= 0.6 is 11.6 Å². The second-order valence-corrected chi connectivity index (χ2v) is 7.15. The van der Waals surface area contributed by atoms with Crippen molar-refractivity contribution in [2.45, 2.75) is 6.92 Å². The van der Waals surface area contributed by atoms with E-state index in [0.29, 0.717) is 28.5 Å². The second kappa shape index (κ2) is 7.97. The zero-order valence-corrected chi connectivity index (χ0v) is 17.2. The molecule has 2 heterocycles. The van der Waals surface area contributed by atoms with Gasteiger partial charge in [0.2, 0.25) is 0 Å². The van der Waals surface area contributed by atoms with E-state index in [9.17, 15) is 15.4 Å². The molecule has 1 N–H and O–H groups in total. The number of aryl methyl sites for hydroxylation is 1. The molecule has 0 saturated carbocycles. The molecular formula is C22H15ClN4O4. The van der Waals surface area contributed by atoms with Gasteiger partial charge in [0.1, 0.15) is 34.2 Å². The van der Waals surface area contributed by atoms with E-state index in [4.69, 9.17) is 20.8 Å². The van der Waals surface area contributed by atoms with Gasteiger partial charge in [-0.05, 0) is 42.8 Å². The Hall–Kier alpha value is -4.09. The molecule has 9 heteroatoms. The Labute approximate surface area is 181 Å². The molecule has 0 atom stereocenters. The third-order valence-corrected chi connectivity index (χ3v) is 4.96. The summed E-state index contributed by atoms with van der Waals surface area (Å²) in [6.45, 7) is 1.98. The lowest BCUT2D eigenvalue weighted by molar-refractivity contribution is -0.384. The third kappa shape index (κ3) is 3.86. The summed E-state index contributed by atoms with van der Waals surface area (Å²) in [6, 6.07) is 13.9. The molecule has 2 aromatic carbocycles. The minimum atomic E-state index is -0.584. The molecule has 154 valence electrons. The van der Waals surface area contributed by atoms with Gasteiger partial charge in [-0.1, -0.05) is 17.7 Å². The number of ether oxygens (including phenoxy) is 1. The number of fused-ring (bicyclic) bond motifs is 1. The summed E-state index contributed by atoms with van der Waals surface area (Å²) in [7, 11) is 1.40. The van der Waals surface area contributed by atoms with Crippen molar-refractivity contribution >= 4 is 40.0 Å². The summed E-state index contributed by atoms with van der Waals surface area (Å²) in [6.07, 6.45) is 1.56. The Balaban J connectivity index is 1.72. The number of halogens is 1. The quantitative estimate of drug-likeness (QED) is 0.242. The Morgan fingerprint density at radius 3 is 2.84 bits per heavy atom. The molecular weight excluding hydrogens is 420 g/mol. The highest BCUT2D eigenvalue weighted by Crippen LogP contribution is 2.39. The topological polar surface area (TPSA) is 118 Å². The fourth-order valence-electron chi connectivity index (χ4n) is 3.17. The predicted molar refractivity (Wildman–Crippen MR) is 117 cm³/mol. The average molecular weight is 435 g/mol. The minimum Gasteiger partial charge on any atom is -0.496 e. The summed E-state index contributed by atoms with van der Waals surface area (Å²) in [5.74, 6) is 1.46. The molecule has 0 fully saturated rings. The van der Waals surface area contributed by atoms with Gasteiger partial charge in [-0.3, -0.25) is 10.1 Å². The van der Waals surface area contributed by atoms with Crippen molar-refractivity contribution in [2.75, 3.05) is 7.11 Å². The molecule has 0 unspecified atom stereocenters. The monoisotopic (exact) mass is 434 g/mol. The number of nitro groups is 1.